The second-order valence-corrected chi connectivity index (χ2v) is 4.71. The summed E-state index contributed by atoms with van der Waals surface area (Å²) < 4.78 is 15.2. The third kappa shape index (κ3) is 4.91. The van der Waals surface area contributed by atoms with Crippen molar-refractivity contribution in [2.45, 2.75) is 39.2 Å². The van der Waals surface area contributed by atoms with Crippen LogP contribution < -0.4 is 9.47 Å². The highest BCUT2D eigenvalue weighted by atomic mass is 16.6. The quantitative estimate of drug-likeness (QED) is 0.301. The summed E-state index contributed by atoms with van der Waals surface area (Å²) in [6.45, 7) is 1.87. The maximum atomic E-state index is 11.6. The highest BCUT2D eigenvalue weighted by molar-refractivity contribution is 5.69. The van der Waals surface area contributed by atoms with Crippen LogP contribution in [0.5, 0.6) is 11.5 Å². The third-order valence-electron chi connectivity index (χ3n) is 3.15. The van der Waals surface area contributed by atoms with Crippen molar-refractivity contribution in [3.05, 3.63) is 27.8 Å². The predicted octanol–water partition coefficient (Wildman–Crippen LogP) is 3.24. The number of esters is 1. The third-order valence-corrected chi connectivity index (χ3v) is 3.15. The van der Waals surface area contributed by atoms with Gasteiger partial charge < -0.3 is 14.2 Å². The van der Waals surface area contributed by atoms with E-state index in [1.165, 1.54) is 26.4 Å². The van der Waals surface area contributed by atoms with Gasteiger partial charge in [0, 0.05) is 6.42 Å². The van der Waals surface area contributed by atoms with Crippen LogP contribution >= 0.6 is 0 Å². The number of ether oxygens (including phenoxy) is 3. The molecule has 0 fully saturated rings. The Balaban J connectivity index is 2.84. The van der Waals surface area contributed by atoms with Crippen LogP contribution in [0.3, 0.4) is 0 Å². The molecule has 0 saturated carbocycles. The Morgan fingerprint density at radius 3 is 2.36 bits per heavy atom. The molecule has 0 aliphatic heterocycles. The van der Waals surface area contributed by atoms with Gasteiger partial charge in [-0.15, -0.1) is 0 Å². The first kappa shape index (κ1) is 17.7. The minimum absolute atomic E-state index is 0.165. The van der Waals surface area contributed by atoms with E-state index < -0.39 is 4.92 Å². The monoisotopic (exact) mass is 311 g/mol. The van der Waals surface area contributed by atoms with E-state index in [0.29, 0.717) is 12.2 Å². The molecule has 1 aromatic rings. The fourth-order valence-electron chi connectivity index (χ4n) is 1.95. The number of hydrogen-bond acceptors (Lipinski definition) is 6. The second-order valence-electron chi connectivity index (χ2n) is 4.71. The van der Waals surface area contributed by atoms with E-state index in [9.17, 15) is 14.9 Å². The molecule has 122 valence electrons. The molecule has 0 unspecified atom stereocenters. The second kappa shape index (κ2) is 8.86. The Morgan fingerprint density at radius 2 is 1.82 bits per heavy atom. The first-order chi connectivity index (χ1) is 10.5. The zero-order valence-electron chi connectivity index (χ0n) is 13.1. The number of benzene rings is 1. The molecule has 0 aliphatic rings. The van der Waals surface area contributed by atoms with Gasteiger partial charge in [-0.2, -0.15) is 0 Å². The summed E-state index contributed by atoms with van der Waals surface area (Å²) in [6.07, 6.45) is 3.03. The molecular weight excluding hydrogens is 290 g/mol. The summed E-state index contributed by atoms with van der Waals surface area (Å²) in [5.74, 6) is 0.245. The van der Waals surface area contributed by atoms with E-state index in [4.69, 9.17) is 14.2 Å². The summed E-state index contributed by atoms with van der Waals surface area (Å²) in [7, 11) is 2.83. The molecule has 0 N–H and O–H groups in total. The summed E-state index contributed by atoms with van der Waals surface area (Å²) in [5.41, 5.74) is 0.102. The van der Waals surface area contributed by atoms with Crippen molar-refractivity contribution < 1.29 is 23.9 Å². The lowest BCUT2D eigenvalue weighted by atomic mass is 10.1. The topological polar surface area (TPSA) is 87.9 Å². The summed E-state index contributed by atoms with van der Waals surface area (Å²) >= 11 is 0. The molecule has 0 heterocycles. The lowest BCUT2D eigenvalue weighted by molar-refractivity contribution is -0.385. The van der Waals surface area contributed by atoms with Crippen LogP contribution in [0.2, 0.25) is 0 Å². The maximum Gasteiger partial charge on any atom is 0.306 e. The first-order valence-corrected chi connectivity index (χ1v) is 7.08. The Labute approximate surface area is 129 Å². The highest BCUT2D eigenvalue weighted by Crippen LogP contribution is 2.34. The Hall–Kier alpha value is -2.31. The molecule has 0 aliphatic carbocycles. The molecule has 0 saturated heterocycles. The van der Waals surface area contributed by atoms with Gasteiger partial charge in [0.1, 0.15) is 6.61 Å². The van der Waals surface area contributed by atoms with E-state index in [-0.39, 0.29) is 29.6 Å². The highest BCUT2D eigenvalue weighted by Gasteiger charge is 2.20. The maximum absolute atomic E-state index is 11.6. The van der Waals surface area contributed by atoms with Crippen molar-refractivity contribution in [3.63, 3.8) is 0 Å². The predicted molar refractivity (Wildman–Crippen MR) is 80.1 cm³/mol. The largest absolute Gasteiger partial charge is 0.493 e. The number of nitrogens with zero attached hydrogens (tertiary/aromatic N) is 1. The molecule has 7 heteroatoms. The molecular formula is C15H21NO6. The van der Waals surface area contributed by atoms with Gasteiger partial charge in [-0.25, -0.2) is 0 Å². The minimum atomic E-state index is -0.539. The van der Waals surface area contributed by atoms with Gasteiger partial charge in [-0.3, -0.25) is 14.9 Å². The van der Waals surface area contributed by atoms with Gasteiger partial charge in [0.15, 0.2) is 11.5 Å². The van der Waals surface area contributed by atoms with E-state index in [1.54, 1.807) is 0 Å². The van der Waals surface area contributed by atoms with Gasteiger partial charge in [-0.05, 0) is 12.5 Å². The summed E-state index contributed by atoms with van der Waals surface area (Å²) in [5, 5.41) is 11.1. The average Bonchev–Trinajstić information content (AvgIpc) is 2.52. The molecule has 0 radical (unpaired) electrons. The van der Waals surface area contributed by atoms with Gasteiger partial charge >= 0.3 is 5.97 Å². The van der Waals surface area contributed by atoms with E-state index in [2.05, 4.69) is 0 Å². The van der Waals surface area contributed by atoms with Crippen molar-refractivity contribution in [1.29, 1.82) is 0 Å². The number of hydrogen-bond donors (Lipinski definition) is 0. The molecule has 1 rings (SSSR count). The van der Waals surface area contributed by atoms with Crippen molar-refractivity contribution in [2.75, 3.05) is 14.2 Å². The fraction of sp³-hybridized carbons (Fsp3) is 0.533. The standard InChI is InChI=1S/C15H21NO6/c1-4-5-6-7-15(17)22-10-11-8-13(20-2)14(21-3)9-12(11)16(18)19/h8-9H,4-7,10H2,1-3H3. The summed E-state index contributed by atoms with van der Waals surface area (Å²) in [6, 6.07) is 2.72. The van der Waals surface area contributed by atoms with Gasteiger partial charge in [0.05, 0.1) is 30.8 Å². The summed E-state index contributed by atoms with van der Waals surface area (Å²) in [4.78, 5) is 22.2. The molecule has 7 nitrogen and oxygen atoms in total. The SMILES string of the molecule is CCCCCC(=O)OCc1cc(OC)c(OC)cc1[N+](=O)[O-]. The van der Waals surface area contributed by atoms with Crippen LogP contribution in [0.25, 0.3) is 0 Å². The molecule has 0 aromatic heterocycles. The van der Waals surface area contributed by atoms with Crippen LogP contribution in [0, 0.1) is 10.1 Å². The molecule has 0 amide bonds. The lowest BCUT2D eigenvalue weighted by Gasteiger charge is -2.11. The van der Waals surface area contributed by atoms with E-state index >= 15 is 0 Å². The lowest BCUT2D eigenvalue weighted by Crippen LogP contribution is -2.06. The molecule has 0 bridgehead atoms. The van der Waals surface area contributed by atoms with Crippen LogP contribution in [0.15, 0.2) is 12.1 Å². The smallest absolute Gasteiger partial charge is 0.306 e. The Morgan fingerprint density at radius 1 is 1.18 bits per heavy atom. The number of nitro benzene ring substituents is 1. The normalized spacial score (nSPS) is 10.1. The number of carbonyl (C=O) groups is 1. The van der Waals surface area contributed by atoms with Gasteiger partial charge in [0.25, 0.3) is 5.69 Å². The van der Waals surface area contributed by atoms with Crippen molar-refractivity contribution in [1.82, 2.24) is 0 Å². The number of rotatable bonds is 9. The molecule has 0 atom stereocenters. The fourth-order valence-corrected chi connectivity index (χ4v) is 1.95. The number of unbranched alkanes of at least 4 members (excludes halogenated alkanes) is 2. The zero-order chi connectivity index (χ0) is 16.5. The van der Waals surface area contributed by atoms with Crippen molar-refractivity contribution in [3.8, 4) is 11.5 Å². The number of methoxy groups -OCH3 is 2. The van der Waals surface area contributed by atoms with Gasteiger partial charge in [-0.1, -0.05) is 19.8 Å². The van der Waals surface area contributed by atoms with E-state index in [0.717, 1.165) is 19.3 Å². The first-order valence-electron chi connectivity index (χ1n) is 7.08. The average molecular weight is 311 g/mol. The van der Waals surface area contributed by atoms with Crippen LogP contribution in [0.1, 0.15) is 38.2 Å². The minimum Gasteiger partial charge on any atom is -0.493 e. The Bertz CT molecular complexity index is 529. The van der Waals surface area contributed by atoms with Crippen LogP contribution in [0.4, 0.5) is 5.69 Å². The molecule has 1 aromatic carbocycles. The molecule has 0 spiro atoms. The molecule has 22 heavy (non-hydrogen) atoms. The van der Waals surface area contributed by atoms with Crippen molar-refractivity contribution >= 4 is 11.7 Å². The van der Waals surface area contributed by atoms with E-state index in [1.807, 2.05) is 6.92 Å². The van der Waals surface area contributed by atoms with Gasteiger partial charge in [0.2, 0.25) is 0 Å². The number of carbonyl (C=O) groups excluding carboxylic acids is 1. The van der Waals surface area contributed by atoms with Crippen molar-refractivity contribution in [2.24, 2.45) is 0 Å². The van der Waals surface area contributed by atoms with Crippen LogP contribution in [-0.4, -0.2) is 25.1 Å². The zero-order valence-corrected chi connectivity index (χ0v) is 13.1. The Kier molecular flexibility index (Phi) is 7.15. The number of nitro groups is 1. The van der Waals surface area contributed by atoms with Crippen LogP contribution in [-0.2, 0) is 16.1 Å².